The number of rotatable bonds is 6. The topological polar surface area (TPSA) is 66.5 Å². The van der Waals surface area contributed by atoms with E-state index in [1.165, 1.54) is 10.4 Å². The zero-order valence-electron chi connectivity index (χ0n) is 16.3. The Bertz CT molecular complexity index is 780. The van der Waals surface area contributed by atoms with Crippen LogP contribution in [0.2, 0.25) is 0 Å². The first-order valence-corrected chi connectivity index (χ1v) is 10.9. The largest absolute Gasteiger partial charge is 0.379 e. The van der Waals surface area contributed by atoms with Crippen molar-refractivity contribution in [1.29, 1.82) is 0 Å². The van der Waals surface area contributed by atoms with Gasteiger partial charge in [-0.15, -0.1) is 11.3 Å². The maximum atomic E-state index is 12.7. The molecule has 0 spiro atoms. The minimum Gasteiger partial charge on any atom is -0.379 e. The molecule has 3 heterocycles. The quantitative estimate of drug-likeness (QED) is 0.779. The van der Waals surface area contributed by atoms with Gasteiger partial charge in [-0.1, -0.05) is 24.3 Å². The van der Waals surface area contributed by atoms with Crippen LogP contribution in [0.3, 0.4) is 0 Å². The van der Waals surface area contributed by atoms with E-state index in [4.69, 9.17) is 4.74 Å². The molecule has 1 amide bonds. The lowest BCUT2D eigenvalue weighted by Crippen LogP contribution is -2.47. The molecule has 2 saturated heterocycles. The van der Waals surface area contributed by atoms with Crippen LogP contribution in [0.25, 0.3) is 10.4 Å². The van der Waals surface area contributed by atoms with Gasteiger partial charge in [0, 0.05) is 19.6 Å². The fourth-order valence-corrected chi connectivity index (χ4v) is 4.71. The zero-order chi connectivity index (χ0) is 19.3. The van der Waals surface area contributed by atoms with Crippen LogP contribution in [-0.2, 0) is 9.53 Å². The van der Waals surface area contributed by atoms with E-state index in [0.717, 1.165) is 63.5 Å². The average Bonchev–Trinajstić information content (AvgIpc) is 3.40. The molecule has 2 aromatic rings. The van der Waals surface area contributed by atoms with Gasteiger partial charge in [-0.2, -0.15) is 0 Å². The molecule has 0 bridgehead atoms. The summed E-state index contributed by atoms with van der Waals surface area (Å²) in [7, 11) is 0. The molecule has 0 saturated carbocycles. The van der Waals surface area contributed by atoms with E-state index in [1.807, 2.05) is 12.4 Å². The summed E-state index contributed by atoms with van der Waals surface area (Å²) in [5.41, 5.74) is 5.26. The van der Waals surface area contributed by atoms with Crippen molar-refractivity contribution in [2.75, 3.05) is 39.4 Å². The van der Waals surface area contributed by atoms with Crippen LogP contribution in [0.15, 0.2) is 29.8 Å². The second-order valence-electron chi connectivity index (χ2n) is 7.51. The molecule has 0 aliphatic carbocycles. The van der Waals surface area contributed by atoms with E-state index >= 15 is 0 Å². The highest BCUT2D eigenvalue weighted by atomic mass is 32.1. The SMILES string of the molecule is Cc1ncsc1-c1ccc([C@H](CN2CCOCC2)NC(=O)C2CCCN2)cc1. The molecule has 0 radical (unpaired) electrons. The van der Waals surface area contributed by atoms with Crippen molar-refractivity contribution in [2.45, 2.75) is 31.8 Å². The van der Waals surface area contributed by atoms with Gasteiger partial charge in [-0.3, -0.25) is 9.69 Å². The Hall–Kier alpha value is -1.80. The maximum absolute atomic E-state index is 12.7. The molecule has 2 atom stereocenters. The highest BCUT2D eigenvalue weighted by Gasteiger charge is 2.26. The molecular formula is C21H28N4O2S. The van der Waals surface area contributed by atoms with Gasteiger partial charge in [0.05, 0.1) is 41.4 Å². The first kappa shape index (κ1) is 19.5. The number of ether oxygens (including phenoxy) is 1. The molecule has 4 rings (SSSR count). The summed E-state index contributed by atoms with van der Waals surface area (Å²) < 4.78 is 5.47. The van der Waals surface area contributed by atoms with Gasteiger partial charge >= 0.3 is 0 Å². The summed E-state index contributed by atoms with van der Waals surface area (Å²) in [6.45, 7) is 7.10. The van der Waals surface area contributed by atoms with E-state index in [9.17, 15) is 4.79 Å². The van der Waals surface area contributed by atoms with E-state index in [1.54, 1.807) is 11.3 Å². The van der Waals surface area contributed by atoms with Crippen LogP contribution in [0.4, 0.5) is 0 Å². The van der Waals surface area contributed by atoms with Crippen molar-refractivity contribution in [1.82, 2.24) is 20.5 Å². The number of nitrogens with zero attached hydrogens (tertiary/aromatic N) is 2. The Morgan fingerprint density at radius 2 is 2.14 bits per heavy atom. The lowest BCUT2D eigenvalue weighted by atomic mass is 10.0. The molecule has 1 unspecified atom stereocenters. The number of carbonyl (C=O) groups is 1. The number of hydrogen-bond donors (Lipinski definition) is 2. The molecule has 2 fully saturated rings. The Balaban J connectivity index is 1.51. The van der Waals surface area contributed by atoms with Crippen LogP contribution in [0.5, 0.6) is 0 Å². The lowest BCUT2D eigenvalue weighted by Gasteiger charge is -2.31. The molecule has 2 aliphatic rings. The Kier molecular flexibility index (Phi) is 6.36. The predicted molar refractivity (Wildman–Crippen MR) is 111 cm³/mol. The molecule has 150 valence electrons. The molecule has 6 nitrogen and oxygen atoms in total. The predicted octanol–water partition coefficient (Wildman–Crippen LogP) is 2.36. The Morgan fingerprint density at radius 1 is 1.36 bits per heavy atom. The first-order chi connectivity index (χ1) is 13.7. The highest BCUT2D eigenvalue weighted by molar-refractivity contribution is 7.13. The van der Waals surface area contributed by atoms with Crippen LogP contribution in [0, 0.1) is 6.92 Å². The van der Waals surface area contributed by atoms with Crippen LogP contribution < -0.4 is 10.6 Å². The van der Waals surface area contributed by atoms with Crippen molar-refractivity contribution >= 4 is 17.2 Å². The van der Waals surface area contributed by atoms with Crippen LogP contribution in [0.1, 0.15) is 30.1 Å². The third-order valence-corrected chi connectivity index (χ3v) is 6.54. The van der Waals surface area contributed by atoms with Crippen molar-refractivity contribution in [3.8, 4) is 10.4 Å². The van der Waals surface area contributed by atoms with Gasteiger partial charge in [-0.25, -0.2) is 4.98 Å². The number of morpholine rings is 1. The van der Waals surface area contributed by atoms with Crippen LogP contribution in [-0.4, -0.2) is 61.2 Å². The number of aryl methyl sites for hydroxylation is 1. The van der Waals surface area contributed by atoms with Gasteiger partial charge in [0.15, 0.2) is 0 Å². The molecule has 2 N–H and O–H groups in total. The molecule has 7 heteroatoms. The Labute approximate surface area is 170 Å². The zero-order valence-corrected chi connectivity index (χ0v) is 17.1. The summed E-state index contributed by atoms with van der Waals surface area (Å²) in [6.07, 6.45) is 1.98. The number of aromatic nitrogens is 1. The minimum atomic E-state index is -0.0636. The van der Waals surface area contributed by atoms with Crippen molar-refractivity contribution in [2.24, 2.45) is 0 Å². The first-order valence-electron chi connectivity index (χ1n) is 10.0. The maximum Gasteiger partial charge on any atom is 0.237 e. The van der Waals surface area contributed by atoms with Gasteiger partial charge in [-0.05, 0) is 37.4 Å². The Morgan fingerprint density at radius 3 is 2.79 bits per heavy atom. The number of thiazole rings is 1. The van der Waals surface area contributed by atoms with Gasteiger partial charge in [0.25, 0.3) is 0 Å². The fraction of sp³-hybridized carbons (Fsp3) is 0.524. The minimum absolute atomic E-state index is 0.0235. The van der Waals surface area contributed by atoms with E-state index in [0.29, 0.717) is 0 Å². The fourth-order valence-electron chi connectivity index (χ4n) is 3.90. The van der Waals surface area contributed by atoms with E-state index in [2.05, 4.69) is 44.8 Å². The molecule has 1 aromatic carbocycles. The lowest BCUT2D eigenvalue weighted by molar-refractivity contribution is -0.123. The normalized spacial score (nSPS) is 21.5. The molecular weight excluding hydrogens is 372 g/mol. The van der Waals surface area contributed by atoms with Crippen LogP contribution >= 0.6 is 11.3 Å². The number of carbonyl (C=O) groups excluding carboxylic acids is 1. The molecule has 2 aliphatic heterocycles. The monoisotopic (exact) mass is 400 g/mol. The summed E-state index contributed by atoms with van der Waals surface area (Å²) in [4.78, 5) is 20.7. The van der Waals surface area contributed by atoms with Crippen molar-refractivity contribution in [3.63, 3.8) is 0 Å². The van der Waals surface area contributed by atoms with Gasteiger partial charge in [0.1, 0.15) is 0 Å². The summed E-state index contributed by atoms with van der Waals surface area (Å²) >= 11 is 1.66. The second kappa shape index (κ2) is 9.13. The number of nitrogens with one attached hydrogen (secondary N) is 2. The standard InChI is InChI=1S/C21H28N4O2S/c1-15-20(28-14-23-15)17-6-4-16(5-7-17)19(13-25-9-11-27-12-10-25)24-21(26)18-3-2-8-22-18/h4-7,14,18-19,22H,2-3,8-13H2,1H3,(H,24,26)/t18?,19-/m0/s1. The summed E-state index contributed by atoms with van der Waals surface area (Å²) in [5.74, 6) is 0.109. The number of amides is 1. The van der Waals surface area contributed by atoms with Crippen molar-refractivity contribution in [3.05, 3.63) is 41.0 Å². The molecule has 28 heavy (non-hydrogen) atoms. The van der Waals surface area contributed by atoms with Gasteiger partial charge in [0.2, 0.25) is 5.91 Å². The second-order valence-corrected chi connectivity index (χ2v) is 8.37. The highest BCUT2D eigenvalue weighted by Crippen LogP contribution is 2.28. The number of benzene rings is 1. The summed E-state index contributed by atoms with van der Waals surface area (Å²) in [6, 6.07) is 8.48. The third kappa shape index (κ3) is 4.60. The summed E-state index contributed by atoms with van der Waals surface area (Å²) in [5, 5.41) is 6.59. The van der Waals surface area contributed by atoms with E-state index in [-0.39, 0.29) is 18.0 Å². The smallest absolute Gasteiger partial charge is 0.237 e. The molecule has 1 aromatic heterocycles. The third-order valence-electron chi connectivity index (χ3n) is 5.56. The average molecular weight is 401 g/mol. The van der Waals surface area contributed by atoms with Crippen molar-refractivity contribution < 1.29 is 9.53 Å². The van der Waals surface area contributed by atoms with Gasteiger partial charge < -0.3 is 15.4 Å². The number of hydrogen-bond acceptors (Lipinski definition) is 6. The van der Waals surface area contributed by atoms with E-state index < -0.39 is 0 Å².